The van der Waals surface area contributed by atoms with E-state index < -0.39 is 0 Å². The lowest BCUT2D eigenvalue weighted by Gasteiger charge is -2.09. The van der Waals surface area contributed by atoms with E-state index in [0.717, 1.165) is 21.7 Å². The van der Waals surface area contributed by atoms with Gasteiger partial charge in [0.1, 0.15) is 5.00 Å². The minimum Gasteiger partial charge on any atom is -0.465 e. The summed E-state index contributed by atoms with van der Waals surface area (Å²) >= 11 is 12.8. The Kier molecular flexibility index (Phi) is 6.56. The highest BCUT2D eigenvalue weighted by Crippen LogP contribution is 2.33. The number of thiophene rings is 1. The summed E-state index contributed by atoms with van der Waals surface area (Å²) in [6.07, 6.45) is 0. The first-order chi connectivity index (χ1) is 13.8. The maximum Gasteiger partial charge on any atom is 0.341 e. The Bertz CT molecular complexity index is 1060. The van der Waals surface area contributed by atoms with Crippen molar-refractivity contribution in [2.45, 2.75) is 27.3 Å². The Balaban J connectivity index is 1.71. The summed E-state index contributed by atoms with van der Waals surface area (Å²) < 4.78 is 6.78. The molecular formula is C20H21ClN4O2S2. The molecule has 0 unspecified atom stereocenters. The first-order valence-electron chi connectivity index (χ1n) is 8.83. The van der Waals surface area contributed by atoms with Crippen LogP contribution in [-0.2, 0) is 11.3 Å². The maximum absolute atomic E-state index is 12.1. The van der Waals surface area contributed by atoms with E-state index in [0.29, 0.717) is 33.1 Å². The van der Waals surface area contributed by atoms with Gasteiger partial charge in [-0.2, -0.15) is 5.10 Å². The summed E-state index contributed by atoms with van der Waals surface area (Å²) in [7, 11) is 1.37. The number of nitrogens with one attached hydrogen (secondary N) is 2. The summed E-state index contributed by atoms with van der Waals surface area (Å²) in [4.78, 5) is 13.1. The first-order valence-corrected chi connectivity index (χ1v) is 10.4. The number of nitrogens with zero attached hydrogens (tertiary/aromatic N) is 2. The number of carbonyl (C=O) groups excluding carboxylic acids is 1. The van der Waals surface area contributed by atoms with Crippen LogP contribution in [0, 0.1) is 20.8 Å². The molecule has 2 heterocycles. The molecule has 0 radical (unpaired) electrons. The number of rotatable bonds is 5. The van der Waals surface area contributed by atoms with Gasteiger partial charge in [0.2, 0.25) is 0 Å². The van der Waals surface area contributed by atoms with E-state index in [1.165, 1.54) is 18.4 Å². The van der Waals surface area contributed by atoms with E-state index in [4.69, 9.17) is 28.6 Å². The number of carbonyl (C=O) groups is 1. The quantitative estimate of drug-likeness (QED) is 0.414. The molecule has 29 heavy (non-hydrogen) atoms. The van der Waals surface area contributed by atoms with Crippen LogP contribution in [0.2, 0.25) is 5.02 Å². The highest BCUT2D eigenvalue weighted by atomic mass is 35.5. The molecule has 2 N–H and O–H groups in total. The summed E-state index contributed by atoms with van der Waals surface area (Å²) in [6.45, 7) is 6.45. The molecular weight excluding hydrogens is 428 g/mol. The zero-order valence-corrected chi connectivity index (χ0v) is 18.9. The molecule has 0 saturated heterocycles. The highest BCUT2D eigenvalue weighted by molar-refractivity contribution is 7.80. The number of hydrogen-bond donors (Lipinski definition) is 2. The van der Waals surface area contributed by atoms with Crippen LogP contribution in [0.4, 0.5) is 10.8 Å². The molecule has 0 aliphatic rings. The number of anilines is 2. The minimum atomic E-state index is -0.389. The molecule has 0 aliphatic carbocycles. The standard InChI is InChI=1S/C20H21ClN4O2S2/c1-11-9-16(24-25(11)10-14-5-7-15(21)8-6-14)22-20(28)23-18-17(19(26)27-4)12(2)13(3)29-18/h5-9H,10H2,1-4H3,(H2,22,23,24,28). The van der Waals surface area contributed by atoms with E-state index in [1.54, 1.807) is 0 Å². The largest absolute Gasteiger partial charge is 0.465 e. The topological polar surface area (TPSA) is 68.2 Å². The van der Waals surface area contributed by atoms with Gasteiger partial charge in [-0.25, -0.2) is 4.79 Å². The van der Waals surface area contributed by atoms with Crippen molar-refractivity contribution in [3.63, 3.8) is 0 Å². The lowest BCUT2D eigenvalue weighted by molar-refractivity contribution is 0.0601. The van der Waals surface area contributed by atoms with Crippen molar-refractivity contribution in [3.05, 3.63) is 62.6 Å². The maximum atomic E-state index is 12.1. The Labute approximate surface area is 183 Å². The van der Waals surface area contributed by atoms with Crippen molar-refractivity contribution in [2.24, 2.45) is 0 Å². The van der Waals surface area contributed by atoms with Gasteiger partial charge in [0.25, 0.3) is 0 Å². The van der Waals surface area contributed by atoms with Crippen LogP contribution in [0.15, 0.2) is 30.3 Å². The molecule has 0 aliphatic heterocycles. The molecule has 3 aromatic rings. The van der Waals surface area contributed by atoms with Gasteiger partial charge in [0, 0.05) is 21.7 Å². The van der Waals surface area contributed by atoms with Gasteiger partial charge in [0.15, 0.2) is 10.9 Å². The molecule has 0 amide bonds. The van der Waals surface area contributed by atoms with Gasteiger partial charge in [-0.05, 0) is 56.2 Å². The lowest BCUT2D eigenvalue weighted by atomic mass is 10.1. The Morgan fingerprint density at radius 1 is 1.24 bits per heavy atom. The van der Waals surface area contributed by atoms with Gasteiger partial charge in [0.05, 0.1) is 19.2 Å². The third-order valence-corrected chi connectivity index (χ3v) is 6.05. The lowest BCUT2D eigenvalue weighted by Crippen LogP contribution is -2.20. The second kappa shape index (κ2) is 8.94. The molecule has 0 fully saturated rings. The number of benzene rings is 1. The van der Waals surface area contributed by atoms with Gasteiger partial charge in [-0.15, -0.1) is 11.3 Å². The number of halogens is 1. The number of hydrogen-bond acceptors (Lipinski definition) is 5. The van der Waals surface area contributed by atoms with Crippen LogP contribution in [0.3, 0.4) is 0 Å². The van der Waals surface area contributed by atoms with Crippen molar-refractivity contribution in [1.29, 1.82) is 0 Å². The number of esters is 1. The zero-order valence-electron chi connectivity index (χ0n) is 16.5. The minimum absolute atomic E-state index is 0.354. The van der Waals surface area contributed by atoms with E-state index >= 15 is 0 Å². The summed E-state index contributed by atoms with van der Waals surface area (Å²) in [5.41, 5.74) is 3.47. The first kappa shape index (κ1) is 21.3. The number of methoxy groups -OCH3 is 1. The third-order valence-electron chi connectivity index (χ3n) is 4.47. The molecule has 6 nitrogen and oxygen atoms in total. The SMILES string of the molecule is COC(=O)c1c(NC(=S)Nc2cc(C)n(Cc3ccc(Cl)cc3)n2)sc(C)c1C. The van der Waals surface area contributed by atoms with E-state index in [-0.39, 0.29) is 5.97 Å². The Morgan fingerprint density at radius 3 is 2.59 bits per heavy atom. The molecule has 2 aromatic heterocycles. The Hall–Kier alpha value is -2.42. The predicted molar refractivity (Wildman–Crippen MR) is 122 cm³/mol. The van der Waals surface area contributed by atoms with Crippen LogP contribution in [0.1, 0.15) is 32.1 Å². The number of aryl methyl sites for hydroxylation is 2. The third kappa shape index (κ3) is 4.95. The van der Waals surface area contributed by atoms with Gasteiger partial charge < -0.3 is 15.4 Å². The zero-order chi connectivity index (χ0) is 21.1. The molecule has 0 spiro atoms. The molecule has 0 saturated carbocycles. The van der Waals surface area contributed by atoms with E-state index in [2.05, 4.69) is 15.7 Å². The second-order valence-electron chi connectivity index (χ2n) is 6.51. The fraction of sp³-hybridized carbons (Fsp3) is 0.250. The monoisotopic (exact) mass is 448 g/mol. The second-order valence-corrected chi connectivity index (χ2v) is 8.58. The van der Waals surface area contributed by atoms with E-state index in [9.17, 15) is 4.79 Å². The van der Waals surface area contributed by atoms with Crippen molar-refractivity contribution in [3.8, 4) is 0 Å². The summed E-state index contributed by atoms with van der Waals surface area (Å²) in [5.74, 6) is 0.235. The van der Waals surface area contributed by atoms with Crippen LogP contribution >= 0.6 is 35.2 Å². The highest BCUT2D eigenvalue weighted by Gasteiger charge is 2.21. The van der Waals surface area contributed by atoms with Crippen LogP contribution in [0.5, 0.6) is 0 Å². The summed E-state index contributed by atoms with van der Waals surface area (Å²) in [6, 6.07) is 9.57. The average Bonchev–Trinajstić information content (AvgIpc) is 3.15. The molecule has 1 aromatic carbocycles. The number of ether oxygens (including phenoxy) is 1. The number of aromatic nitrogens is 2. The average molecular weight is 449 g/mol. The smallest absolute Gasteiger partial charge is 0.341 e. The van der Waals surface area contributed by atoms with E-state index in [1.807, 2.05) is 55.8 Å². The van der Waals surface area contributed by atoms with Crippen LogP contribution in [-0.4, -0.2) is 28.0 Å². The van der Waals surface area contributed by atoms with Gasteiger partial charge in [-0.3, -0.25) is 4.68 Å². The fourth-order valence-electron chi connectivity index (χ4n) is 2.81. The van der Waals surface area contributed by atoms with Gasteiger partial charge >= 0.3 is 5.97 Å². The number of thiocarbonyl (C=S) groups is 1. The molecule has 0 bridgehead atoms. The Morgan fingerprint density at radius 2 is 1.93 bits per heavy atom. The molecule has 9 heteroatoms. The molecule has 3 rings (SSSR count). The molecule has 152 valence electrons. The van der Waals surface area contributed by atoms with Crippen molar-refractivity contribution >= 4 is 57.1 Å². The predicted octanol–water partition coefficient (Wildman–Crippen LogP) is 5.17. The van der Waals surface area contributed by atoms with Gasteiger partial charge in [-0.1, -0.05) is 23.7 Å². The van der Waals surface area contributed by atoms with Crippen molar-refractivity contribution in [2.75, 3.05) is 17.7 Å². The normalized spacial score (nSPS) is 10.7. The van der Waals surface area contributed by atoms with Crippen molar-refractivity contribution < 1.29 is 9.53 Å². The van der Waals surface area contributed by atoms with Crippen LogP contribution in [0.25, 0.3) is 0 Å². The van der Waals surface area contributed by atoms with Crippen molar-refractivity contribution in [1.82, 2.24) is 9.78 Å². The molecule has 0 atom stereocenters. The fourth-order valence-corrected chi connectivity index (χ4v) is 4.26. The summed E-state index contributed by atoms with van der Waals surface area (Å²) in [5, 5.41) is 12.5. The van der Waals surface area contributed by atoms with Crippen LogP contribution < -0.4 is 10.6 Å².